The molecule has 0 spiro atoms. The number of carbonyl (C=O) groups excluding carboxylic acids is 1. The van der Waals surface area contributed by atoms with Crippen LogP contribution in [0.5, 0.6) is 11.5 Å². The number of sulfonamides is 1. The molecule has 0 aliphatic rings. The summed E-state index contributed by atoms with van der Waals surface area (Å²) in [6, 6.07) is 21.6. The van der Waals surface area contributed by atoms with Crippen molar-refractivity contribution in [2.45, 2.75) is 16.7 Å². The zero-order valence-electron chi connectivity index (χ0n) is 20.3. The van der Waals surface area contributed by atoms with Gasteiger partial charge in [-0.2, -0.15) is 10.4 Å². The number of amides is 1. The van der Waals surface area contributed by atoms with E-state index in [1.54, 1.807) is 60.7 Å². The molecule has 11 heteroatoms. The number of ether oxygens (including phenoxy) is 2. The summed E-state index contributed by atoms with van der Waals surface area (Å²) in [4.78, 5) is 13.7. The summed E-state index contributed by atoms with van der Waals surface area (Å²) >= 11 is 1.50. The standard InChI is InChI=1S/C26H26N4O5S2/c1-3-34-22-10-6-21(7-11-22)30(37(32,33)25-14-12-24(36-2)13-15-25)19-26(31)29-28-18-20-4-8-23(9-5-20)35-17-16-27/h4-15,18H,3,17,19H2,1-2H3,(H,29,31)/b28-18-. The van der Waals surface area contributed by atoms with Crippen LogP contribution >= 0.6 is 11.8 Å². The maximum absolute atomic E-state index is 13.5. The van der Waals surface area contributed by atoms with Gasteiger partial charge < -0.3 is 9.47 Å². The minimum absolute atomic E-state index is 0.0566. The molecule has 0 atom stereocenters. The van der Waals surface area contributed by atoms with Crippen LogP contribution in [0.25, 0.3) is 0 Å². The highest BCUT2D eigenvalue weighted by molar-refractivity contribution is 7.98. The Kier molecular flexibility index (Phi) is 9.94. The van der Waals surface area contributed by atoms with Crippen LogP contribution in [0.1, 0.15) is 12.5 Å². The molecule has 3 rings (SSSR count). The Labute approximate surface area is 220 Å². The van der Waals surface area contributed by atoms with E-state index in [0.717, 1.165) is 9.20 Å². The Morgan fingerprint density at radius 3 is 2.24 bits per heavy atom. The van der Waals surface area contributed by atoms with Crippen LogP contribution in [0, 0.1) is 11.3 Å². The monoisotopic (exact) mass is 538 g/mol. The first-order valence-corrected chi connectivity index (χ1v) is 13.8. The number of rotatable bonds is 12. The quantitative estimate of drug-likeness (QED) is 0.210. The first kappa shape index (κ1) is 27.6. The van der Waals surface area contributed by atoms with Crippen LogP contribution in [-0.4, -0.2) is 46.6 Å². The maximum Gasteiger partial charge on any atom is 0.264 e. The SMILES string of the molecule is CCOc1ccc(N(CC(=O)N/N=C\c2ccc(OCC#N)cc2)S(=O)(=O)c2ccc(SC)cc2)cc1. The third-order valence-electron chi connectivity index (χ3n) is 4.96. The highest BCUT2D eigenvalue weighted by Gasteiger charge is 2.27. The number of anilines is 1. The van der Waals surface area contributed by atoms with E-state index in [2.05, 4.69) is 10.5 Å². The summed E-state index contributed by atoms with van der Waals surface area (Å²) < 4.78 is 38.7. The van der Waals surface area contributed by atoms with E-state index in [-0.39, 0.29) is 11.5 Å². The van der Waals surface area contributed by atoms with Crippen LogP contribution in [0.15, 0.2) is 87.7 Å². The Morgan fingerprint density at radius 2 is 1.65 bits per heavy atom. The van der Waals surface area contributed by atoms with Crippen LogP contribution in [-0.2, 0) is 14.8 Å². The largest absolute Gasteiger partial charge is 0.494 e. The van der Waals surface area contributed by atoms with Crippen LogP contribution in [0.2, 0.25) is 0 Å². The van der Waals surface area contributed by atoms with Crippen LogP contribution in [0.4, 0.5) is 5.69 Å². The van der Waals surface area contributed by atoms with Gasteiger partial charge >= 0.3 is 0 Å². The van der Waals surface area contributed by atoms with E-state index in [4.69, 9.17) is 14.7 Å². The van der Waals surface area contributed by atoms with Crippen molar-refractivity contribution in [2.24, 2.45) is 5.10 Å². The van der Waals surface area contributed by atoms with Gasteiger partial charge in [-0.15, -0.1) is 11.8 Å². The second kappa shape index (κ2) is 13.3. The molecule has 3 aromatic carbocycles. The van der Waals surface area contributed by atoms with E-state index in [9.17, 15) is 13.2 Å². The molecule has 1 amide bonds. The highest BCUT2D eigenvalue weighted by Crippen LogP contribution is 2.27. The number of carbonyl (C=O) groups is 1. The second-order valence-corrected chi connectivity index (χ2v) is 10.2. The molecule has 0 saturated heterocycles. The maximum atomic E-state index is 13.5. The summed E-state index contributed by atoms with van der Waals surface area (Å²) in [6.07, 6.45) is 3.32. The molecule has 37 heavy (non-hydrogen) atoms. The molecule has 192 valence electrons. The van der Waals surface area contributed by atoms with Crippen molar-refractivity contribution in [1.29, 1.82) is 5.26 Å². The topological polar surface area (TPSA) is 121 Å². The number of thioether (sulfide) groups is 1. The fourth-order valence-corrected chi connectivity index (χ4v) is 5.00. The fourth-order valence-electron chi connectivity index (χ4n) is 3.18. The molecule has 0 saturated carbocycles. The third-order valence-corrected chi connectivity index (χ3v) is 7.49. The predicted octanol–water partition coefficient (Wildman–Crippen LogP) is 4.06. The number of nitrogens with zero attached hydrogens (tertiary/aromatic N) is 3. The molecule has 0 unspecified atom stereocenters. The van der Waals surface area contributed by atoms with Crippen molar-refractivity contribution in [3.05, 3.63) is 78.4 Å². The van der Waals surface area contributed by atoms with Gasteiger partial charge in [-0.3, -0.25) is 9.10 Å². The van der Waals surface area contributed by atoms with E-state index < -0.39 is 22.5 Å². The molecule has 0 heterocycles. The second-order valence-electron chi connectivity index (χ2n) is 7.42. The van der Waals surface area contributed by atoms with Crippen LogP contribution in [0.3, 0.4) is 0 Å². The van der Waals surface area contributed by atoms with Gasteiger partial charge in [0.15, 0.2) is 6.61 Å². The van der Waals surface area contributed by atoms with Crippen molar-refractivity contribution in [2.75, 3.05) is 30.3 Å². The van der Waals surface area contributed by atoms with E-state index in [1.807, 2.05) is 19.2 Å². The van der Waals surface area contributed by atoms with Crippen molar-refractivity contribution in [3.63, 3.8) is 0 Å². The first-order valence-electron chi connectivity index (χ1n) is 11.2. The normalized spacial score (nSPS) is 11.1. The molecule has 0 aliphatic carbocycles. The van der Waals surface area contributed by atoms with Crippen molar-refractivity contribution in [1.82, 2.24) is 5.43 Å². The molecule has 0 aromatic heterocycles. The molecule has 0 fully saturated rings. The van der Waals surface area contributed by atoms with Crippen molar-refractivity contribution < 1.29 is 22.7 Å². The summed E-state index contributed by atoms with van der Waals surface area (Å²) in [5, 5.41) is 12.5. The lowest BCUT2D eigenvalue weighted by molar-refractivity contribution is -0.119. The lowest BCUT2D eigenvalue weighted by Crippen LogP contribution is -2.39. The summed E-state index contributed by atoms with van der Waals surface area (Å²) in [6.45, 7) is 1.78. The van der Waals surface area contributed by atoms with Crippen molar-refractivity contribution in [3.8, 4) is 17.6 Å². The van der Waals surface area contributed by atoms with Gasteiger partial charge in [-0.05, 0) is 91.5 Å². The van der Waals surface area contributed by atoms with Gasteiger partial charge in [-0.1, -0.05) is 0 Å². The Hall–Kier alpha value is -4.01. The Balaban J connectivity index is 1.78. The molecule has 0 aliphatic heterocycles. The molecular weight excluding hydrogens is 512 g/mol. The molecule has 0 radical (unpaired) electrons. The average molecular weight is 539 g/mol. The zero-order valence-corrected chi connectivity index (χ0v) is 22.0. The number of nitrogens with one attached hydrogen (secondary N) is 1. The van der Waals surface area contributed by atoms with E-state index in [1.165, 1.54) is 30.1 Å². The van der Waals surface area contributed by atoms with Gasteiger partial charge in [0.1, 0.15) is 24.1 Å². The minimum atomic E-state index is -4.06. The first-order chi connectivity index (χ1) is 17.9. The van der Waals surface area contributed by atoms with Gasteiger partial charge in [0, 0.05) is 4.90 Å². The minimum Gasteiger partial charge on any atom is -0.494 e. The van der Waals surface area contributed by atoms with Gasteiger partial charge in [0.25, 0.3) is 15.9 Å². The molecule has 1 N–H and O–H groups in total. The van der Waals surface area contributed by atoms with Crippen molar-refractivity contribution >= 4 is 39.6 Å². The number of hydrazone groups is 1. The summed E-state index contributed by atoms with van der Waals surface area (Å²) in [5.41, 5.74) is 3.36. The summed E-state index contributed by atoms with van der Waals surface area (Å²) in [7, 11) is -4.06. The molecular formula is C26H26N4O5S2. The smallest absolute Gasteiger partial charge is 0.264 e. The number of hydrogen-bond donors (Lipinski definition) is 1. The zero-order chi connectivity index (χ0) is 26.7. The average Bonchev–Trinajstić information content (AvgIpc) is 2.92. The van der Waals surface area contributed by atoms with E-state index >= 15 is 0 Å². The molecule has 9 nitrogen and oxygen atoms in total. The van der Waals surface area contributed by atoms with Gasteiger partial charge in [0.05, 0.1) is 23.4 Å². The van der Waals surface area contributed by atoms with Gasteiger partial charge in [-0.25, -0.2) is 13.8 Å². The molecule has 3 aromatic rings. The Bertz CT molecular complexity index is 1350. The number of benzene rings is 3. The van der Waals surface area contributed by atoms with Crippen LogP contribution < -0.4 is 19.2 Å². The lowest BCUT2D eigenvalue weighted by Gasteiger charge is -2.24. The lowest BCUT2D eigenvalue weighted by atomic mass is 10.2. The third kappa shape index (κ3) is 7.73. The number of nitriles is 1. The predicted molar refractivity (Wildman–Crippen MR) is 144 cm³/mol. The van der Waals surface area contributed by atoms with E-state index in [0.29, 0.717) is 29.4 Å². The fraction of sp³-hybridized carbons (Fsp3) is 0.192. The molecule has 0 bridgehead atoms. The van der Waals surface area contributed by atoms with Gasteiger partial charge in [0.2, 0.25) is 0 Å². The number of hydrogen-bond acceptors (Lipinski definition) is 8. The summed E-state index contributed by atoms with van der Waals surface area (Å²) in [5.74, 6) is 0.499. The Morgan fingerprint density at radius 1 is 1.03 bits per heavy atom. The highest BCUT2D eigenvalue weighted by atomic mass is 32.2.